The largest absolute Gasteiger partial charge is 0.460 e. The molecular weight excluding hydrogens is 212 g/mol. The number of hydrogen-bond donors (Lipinski definition) is 1. The predicted octanol–water partition coefficient (Wildman–Crippen LogP) is 3.07. The van der Waals surface area contributed by atoms with Crippen molar-refractivity contribution in [1.29, 1.82) is 0 Å². The van der Waals surface area contributed by atoms with Gasteiger partial charge in [-0.2, -0.15) is 8.78 Å². The van der Waals surface area contributed by atoms with Crippen LogP contribution in [0.1, 0.15) is 30.8 Å². The maximum Gasteiger partial charge on any atom is 0.304 e. The minimum absolute atomic E-state index is 0.0956. The first kappa shape index (κ1) is 11.6. The van der Waals surface area contributed by atoms with Gasteiger partial charge in [-0.15, -0.1) is 0 Å². The second-order valence-electron chi connectivity index (χ2n) is 4.51. The second kappa shape index (κ2) is 4.53. The number of furan rings is 1. The normalized spacial score (nSPS) is 18.9. The van der Waals surface area contributed by atoms with Crippen LogP contribution in [0, 0.1) is 12.8 Å². The van der Waals surface area contributed by atoms with Gasteiger partial charge in [0.05, 0.1) is 0 Å². The van der Waals surface area contributed by atoms with Crippen molar-refractivity contribution in [3.05, 3.63) is 23.7 Å². The lowest BCUT2D eigenvalue weighted by Gasteiger charge is -2.25. The van der Waals surface area contributed by atoms with Crippen LogP contribution in [-0.2, 0) is 5.92 Å². The third-order valence-electron chi connectivity index (χ3n) is 3.10. The van der Waals surface area contributed by atoms with E-state index in [0.717, 1.165) is 25.9 Å². The maximum atomic E-state index is 13.8. The van der Waals surface area contributed by atoms with Gasteiger partial charge in [-0.3, -0.25) is 0 Å². The van der Waals surface area contributed by atoms with Gasteiger partial charge >= 0.3 is 5.92 Å². The highest BCUT2D eigenvalue weighted by Gasteiger charge is 2.38. The minimum atomic E-state index is -2.82. The van der Waals surface area contributed by atoms with Crippen molar-refractivity contribution in [1.82, 2.24) is 5.32 Å². The summed E-state index contributed by atoms with van der Waals surface area (Å²) in [6.45, 7) is 3.37. The molecule has 2 rings (SSSR count). The van der Waals surface area contributed by atoms with E-state index >= 15 is 0 Å². The number of alkyl halides is 2. The van der Waals surface area contributed by atoms with E-state index < -0.39 is 5.92 Å². The molecule has 1 N–H and O–H groups in total. The van der Waals surface area contributed by atoms with Gasteiger partial charge in [-0.1, -0.05) is 0 Å². The summed E-state index contributed by atoms with van der Waals surface area (Å²) in [6, 6.07) is 2.97. The zero-order chi connectivity index (χ0) is 11.6. The molecule has 16 heavy (non-hydrogen) atoms. The van der Waals surface area contributed by atoms with E-state index in [1.165, 1.54) is 6.07 Å². The number of piperidine rings is 1. The maximum absolute atomic E-state index is 13.8. The third-order valence-corrected chi connectivity index (χ3v) is 3.10. The average Bonchev–Trinajstić information content (AvgIpc) is 2.66. The van der Waals surface area contributed by atoms with Crippen LogP contribution in [0.2, 0.25) is 0 Å². The highest BCUT2D eigenvalue weighted by Crippen LogP contribution is 2.37. The Hall–Kier alpha value is -0.900. The van der Waals surface area contributed by atoms with E-state index in [1.54, 1.807) is 13.0 Å². The molecule has 2 heterocycles. The molecule has 0 radical (unpaired) electrons. The molecule has 0 unspecified atom stereocenters. The van der Waals surface area contributed by atoms with Crippen LogP contribution in [0.4, 0.5) is 8.78 Å². The Morgan fingerprint density at radius 2 is 2.06 bits per heavy atom. The molecule has 1 aromatic rings. The fourth-order valence-electron chi connectivity index (χ4n) is 2.18. The number of nitrogens with one attached hydrogen (secondary N) is 1. The highest BCUT2D eigenvalue weighted by molar-refractivity contribution is 5.10. The van der Waals surface area contributed by atoms with Gasteiger partial charge in [0.2, 0.25) is 0 Å². The van der Waals surface area contributed by atoms with Gasteiger partial charge in [0.15, 0.2) is 5.76 Å². The molecule has 0 amide bonds. The van der Waals surface area contributed by atoms with Crippen LogP contribution in [0.15, 0.2) is 16.5 Å². The molecule has 0 bridgehead atoms. The summed E-state index contributed by atoms with van der Waals surface area (Å²) < 4.78 is 32.7. The molecule has 1 aliphatic rings. The summed E-state index contributed by atoms with van der Waals surface area (Å²) >= 11 is 0. The van der Waals surface area contributed by atoms with E-state index in [2.05, 4.69) is 5.32 Å². The molecule has 1 aromatic heterocycles. The fourth-order valence-corrected chi connectivity index (χ4v) is 2.18. The highest BCUT2D eigenvalue weighted by atomic mass is 19.3. The summed E-state index contributed by atoms with van der Waals surface area (Å²) in [6.07, 6.45) is 1.56. The Morgan fingerprint density at radius 1 is 1.38 bits per heavy atom. The number of aryl methyl sites for hydroxylation is 1. The molecule has 0 aromatic carbocycles. The van der Waals surface area contributed by atoms with Crippen molar-refractivity contribution in [2.45, 2.75) is 32.1 Å². The van der Waals surface area contributed by atoms with E-state index in [0.29, 0.717) is 5.76 Å². The number of halogens is 2. The van der Waals surface area contributed by atoms with Crippen LogP contribution in [0.5, 0.6) is 0 Å². The minimum Gasteiger partial charge on any atom is -0.460 e. The van der Waals surface area contributed by atoms with Crippen molar-refractivity contribution in [2.24, 2.45) is 5.92 Å². The molecule has 1 saturated heterocycles. The zero-order valence-corrected chi connectivity index (χ0v) is 9.43. The Kier molecular flexibility index (Phi) is 3.28. The van der Waals surface area contributed by atoms with Crippen molar-refractivity contribution in [3.8, 4) is 0 Å². The monoisotopic (exact) mass is 229 g/mol. The van der Waals surface area contributed by atoms with Gasteiger partial charge in [0.1, 0.15) is 5.76 Å². The summed E-state index contributed by atoms with van der Waals surface area (Å²) in [5, 5.41) is 3.18. The van der Waals surface area contributed by atoms with Crippen molar-refractivity contribution in [2.75, 3.05) is 13.1 Å². The van der Waals surface area contributed by atoms with Crippen LogP contribution < -0.4 is 5.32 Å². The second-order valence-corrected chi connectivity index (χ2v) is 4.51. The van der Waals surface area contributed by atoms with Gasteiger partial charge in [0.25, 0.3) is 0 Å². The first-order chi connectivity index (χ1) is 7.58. The van der Waals surface area contributed by atoms with Crippen LogP contribution >= 0.6 is 0 Å². The number of hydrogen-bond acceptors (Lipinski definition) is 2. The molecule has 0 saturated carbocycles. The zero-order valence-electron chi connectivity index (χ0n) is 9.43. The summed E-state index contributed by atoms with van der Waals surface area (Å²) in [4.78, 5) is 0. The number of rotatable bonds is 3. The summed E-state index contributed by atoms with van der Waals surface area (Å²) in [7, 11) is 0. The Morgan fingerprint density at radius 3 is 2.62 bits per heavy atom. The molecule has 0 spiro atoms. The van der Waals surface area contributed by atoms with E-state index in [1.807, 2.05) is 0 Å². The quantitative estimate of drug-likeness (QED) is 0.861. The lowest BCUT2D eigenvalue weighted by Crippen LogP contribution is -2.30. The molecule has 0 aliphatic carbocycles. The standard InChI is InChI=1S/C12H17F2NO/c1-9-2-3-11(16-9)12(13,14)8-10-4-6-15-7-5-10/h2-3,10,15H,4-8H2,1H3. The predicted molar refractivity (Wildman–Crippen MR) is 57.5 cm³/mol. The molecular formula is C12H17F2NO. The van der Waals surface area contributed by atoms with Gasteiger partial charge in [-0.25, -0.2) is 0 Å². The first-order valence-electron chi connectivity index (χ1n) is 5.73. The fraction of sp³-hybridized carbons (Fsp3) is 0.667. The topological polar surface area (TPSA) is 25.2 Å². The summed E-state index contributed by atoms with van der Waals surface area (Å²) in [5.74, 6) is -2.37. The molecule has 90 valence electrons. The third kappa shape index (κ3) is 2.61. The molecule has 2 nitrogen and oxygen atoms in total. The Bertz CT molecular complexity index is 343. The van der Waals surface area contributed by atoms with Crippen molar-refractivity contribution >= 4 is 0 Å². The van der Waals surface area contributed by atoms with Gasteiger partial charge in [-0.05, 0) is 50.9 Å². The van der Waals surface area contributed by atoms with Crippen molar-refractivity contribution in [3.63, 3.8) is 0 Å². The van der Waals surface area contributed by atoms with Gasteiger partial charge < -0.3 is 9.73 Å². The van der Waals surface area contributed by atoms with Gasteiger partial charge in [0, 0.05) is 6.42 Å². The molecule has 4 heteroatoms. The summed E-state index contributed by atoms with van der Waals surface area (Å²) in [5.41, 5.74) is 0. The van der Waals surface area contributed by atoms with Crippen LogP contribution in [0.25, 0.3) is 0 Å². The van der Waals surface area contributed by atoms with Crippen LogP contribution in [-0.4, -0.2) is 13.1 Å². The Balaban J connectivity index is 2.01. The van der Waals surface area contributed by atoms with E-state index in [9.17, 15) is 8.78 Å². The van der Waals surface area contributed by atoms with Crippen LogP contribution in [0.3, 0.4) is 0 Å². The smallest absolute Gasteiger partial charge is 0.304 e. The lowest BCUT2D eigenvalue weighted by atomic mass is 9.91. The molecule has 1 fully saturated rings. The molecule has 1 aliphatic heterocycles. The molecule has 0 atom stereocenters. The Labute approximate surface area is 94.0 Å². The SMILES string of the molecule is Cc1ccc(C(F)(F)CC2CCNCC2)o1. The lowest BCUT2D eigenvalue weighted by molar-refractivity contribution is -0.0520. The van der Waals surface area contributed by atoms with E-state index in [4.69, 9.17) is 4.42 Å². The average molecular weight is 229 g/mol. The van der Waals surface area contributed by atoms with Crippen molar-refractivity contribution < 1.29 is 13.2 Å². The van der Waals surface area contributed by atoms with E-state index in [-0.39, 0.29) is 18.1 Å². The first-order valence-corrected chi connectivity index (χ1v) is 5.73.